The summed E-state index contributed by atoms with van der Waals surface area (Å²) in [5.41, 5.74) is 1.19. The number of rotatable bonds is 6. The van der Waals surface area contributed by atoms with Crippen molar-refractivity contribution in [1.82, 2.24) is 5.32 Å². The van der Waals surface area contributed by atoms with Crippen LogP contribution in [0, 0.1) is 5.92 Å². The molecule has 7 heteroatoms. The van der Waals surface area contributed by atoms with Gasteiger partial charge in [-0.15, -0.1) is 0 Å². The minimum atomic E-state index is -3.29. The number of carbonyl (C=O) groups is 1. The van der Waals surface area contributed by atoms with E-state index in [9.17, 15) is 13.2 Å². The van der Waals surface area contributed by atoms with Crippen LogP contribution >= 0.6 is 0 Å². The molecular weight excluding hydrogens is 338 g/mol. The molecule has 1 saturated heterocycles. The van der Waals surface area contributed by atoms with Gasteiger partial charge in [0, 0.05) is 17.4 Å². The fourth-order valence-corrected chi connectivity index (χ4v) is 5.01. The standard InChI is InChI=1S/C18H27N3O3S/c1-2-11-25(23,24)21-15-9-7-14(8-10-15)19-18(22)17-12-13-5-3-4-6-16(13)20-17/h7-10,13,16-17,20-21H,2-6,11-12H2,1H3,(H,19,22). The molecule has 1 heterocycles. The van der Waals surface area contributed by atoms with Crippen molar-refractivity contribution in [3.05, 3.63) is 24.3 Å². The molecule has 0 spiro atoms. The summed E-state index contributed by atoms with van der Waals surface area (Å²) in [6.45, 7) is 1.82. The summed E-state index contributed by atoms with van der Waals surface area (Å²) in [7, 11) is -3.29. The zero-order valence-corrected chi connectivity index (χ0v) is 15.4. The van der Waals surface area contributed by atoms with Gasteiger partial charge in [0.15, 0.2) is 0 Å². The molecule has 1 amide bonds. The summed E-state index contributed by atoms with van der Waals surface area (Å²) in [5, 5.41) is 6.40. The lowest BCUT2D eigenvalue weighted by Gasteiger charge is -2.24. The Kier molecular flexibility index (Phi) is 5.64. The monoisotopic (exact) mass is 365 g/mol. The molecule has 0 radical (unpaired) electrons. The van der Waals surface area contributed by atoms with E-state index in [1.165, 1.54) is 25.7 Å². The SMILES string of the molecule is CCCS(=O)(=O)Nc1ccc(NC(=O)C2CC3CCCCC3N2)cc1. The maximum absolute atomic E-state index is 12.5. The minimum Gasteiger partial charge on any atom is -0.325 e. The molecule has 1 saturated carbocycles. The number of nitrogens with one attached hydrogen (secondary N) is 3. The number of amides is 1. The molecule has 3 rings (SSSR count). The average Bonchev–Trinajstić information content (AvgIpc) is 3.00. The van der Waals surface area contributed by atoms with Crippen LogP contribution in [-0.4, -0.2) is 32.2 Å². The second-order valence-electron chi connectivity index (χ2n) is 7.09. The van der Waals surface area contributed by atoms with Crippen molar-refractivity contribution in [3.8, 4) is 0 Å². The van der Waals surface area contributed by atoms with E-state index in [0.29, 0.717) is 29.8 Å². The van der Waals surface area contributed by atoms with Crippen LogP contribution in [0.15, 0.2) is 24.3 Å². The van der Waals surface area contributed by atoms with E-state index in [2.05, 4.69) is 15.4 Å². The van der Waals surface area contributed by atoms with E-state index in [1.54, 1.807) is 24.3 Å². The van der Waals surface area contributed by atoms with Crippen LogP contribution in [0.3, 0.4) is 0 Å². The second-order valence-corrected chi connectivity index (χ2v) is 8.94. The van der Waals surface area contributed by atoms with Gasteiger partial charge in [0.05, 0.1) is 11.8 Å². The maximum atomic E-state index is 12.5. The third kappa shape index (κ3) is 4.73. The summed E-state index contributed by atoms with van der Waals surface area (Å²) >= 11 is 0. The summed E-state index contributed by atoms with van der Waals surface area (Å²) in [6.07, 6.45) is 6.38. The molecule has 3 N–H and O–H groups in total. The number of carbonyl (C=O) groups excluding carboxylic acids is 1. The summed E-state index contributed by atoms with van der Waals surface area (Å²) in [5.74, 6) is 0.717. The normalized spacial score (nSPS) is 26.0. The highest BCUT2D eigenvalue weighted by atomic mass is 32.2. The number of anilines is 2. The number of sulfonamides is 1. The van der Waals surface area contributed by atoms with Crippen molar-refractivity contribution in [3.63, 3.8) is 0 Å². The van der Waals surface area contributed by atoms with E-state index < -0.39 is 10.0 Å². The number of hydrogen-bond acceptors (Lipinski definition) is 4. The molecule has 3 atom stereocenters. The van der Waals surface area contributed by atoms with Crippen molar-refractivity contribution >= 4 is 27.3 Å². The van der Waals surface area contributed by atoms with Gasteiger partial charge >= 0.3 is 0 Å². The molecule has 2 fully saturated rings. The zero-order chi connectivity index (χ0) is 17.9. The van der Waals surface area contributed by atoms with Gasteiger partial charge in [-0.2, -0.15) is 0 Å². The molecule has 25 heavy (non-hydrogen) atoms. The molecule has 2 aliphatic rings. The largest absolute Gasteiger partial charge is 0.325 e. The Morgan fingerprint density at radius 1 is 1.16 bits per heavy atom. The van der Waals surface area contributed by atoms with Gasteiger partial charge in [0.2, 0.25) is 15.9 Å². The van der Waals surface area contributed by atoms with E-state index >= 15 is 0 Å². The molecule has 3 unspecified atom stereocenters. The minimum absolute atomic E-state index is 0.00582. The number of hydrogen-bond donors (Lipinski definition) is 3. The van der Waals surface area contributed by atoms with Crippen molar-refractivity contribution in [2.75, 3.05) is 15.8 Å². The van der Waals surface area contributed by atoms with Gasteiger partial charge in [-0.1, -0.05) is 19.8 Å². The first-order chi connectivity index (χ1) is 12.0. The van der Waals surface area contributed by atoms with Crippen molar-refractivity contribution < 1.29 is 13.2 Å². The molecule has 0 aromatic heterocycles. The lowest BCUT2D eigenvalue weighted by atomic mass is 9.85. The van der Waals surface area contributed by atoms with Gasteiger partial charge in [0.25, 0.3) is 0 Å². The first-order valence-electron chi connectivity index (χ1n) is 9.14. The Hall–Kier alpha value is -1.60. The Morgan fingerprint density at radius 3 is 2.52 bits per heavy atom. The summed E-state index contributed by atoms with van der Waals surface area (Å²) < 4.78 is 26.1. The summed E-state index contributed by atoms with van der Waals surface area (Å²) in [6, 6.07) is 7.15. The van der Waals surface area contributed by atoms with Crippen LogP contribution in [0.4, 0.5) is 11.4 Å². The molecule has 1 aliphatic heterocycles. The van der Waals surface area contributed by atoms with Gasteiger partial charge < -0.3 is 10.6 Å². The fourth-order valence-electron chi connectivity index (χ4n) is 3.87. The van der Waals surface area contributed by atoms with Crippen LogP contribution in [-0.2, 0) is 14.8 Å². The molecule has 138 valence electrons. The molecule has 1 aliphatic carbocycles. The lowest BCUT2D eigenvalue weighted by Crippen LogP contribution is -2.39. The average molecular weight is 365 g/mol. The highest BCUT2D eigenvalue weighted by molar-refractivity contribution is 7.92. The van der Waals surface area contributed by atoms with Gasteiger partial charge in [0.1, 0.15) is 0 Å². The third-order valence-electron chi connectivity index (χ3n) is 5.08. The highest BCUT2D eigenvalue weighted by Gasteiger charge is 2.38. The predicted octanol–water partition coefficient (Wildman–Crippen LogP) is 2.70. The Morgan fingerprint density at radius 2 is 1.84 bits per heavy atom. The first kappa shape index (κ1) is 18.2. The van der Waals surface area contributed by atoms with Crippen molar-refractivity contribution in [1.29, 1.82) is 0 Å². The van der Waals surface area contributed by atoms with Crippen molar-refractivity contribution in [2.45, 2.75) is 57.5 Å². The van der Waals surface area contributed by atoms with Gasteiger partial charge in [-0.25, -0.2) is 8.42 Å². The lowest BCUT2D eigenvalue weighted by molar-refractivity contribution is -0.117. The van der Waals surface area contributed by atoms with Crippen molar-refractivity contribution in [2.24, 2.45) is 5.92 Å². The Bertz CT molecular complexity index is 689. The van der Waals surface area contributed by atoms with Crippen LogP contribution < -0.4 is 15.4 Å². The number of benzene rings is 1. The third-order valence-corrected chi connectivity index (χ3v) is 6.57. The van der Waals surface area contributed by atoms with E-state index in [4.69, 9.17) is 0 Å². The zero-order valence-electron chi connectivity index (χ0n) is 14.6. The maximum Gasteiger partial charge on any atom is 0.241 e. The molecule has 6 nitrogen and oxygen atoms in total. The van der Waals surface area contributed by atoms with Crippen LogP contribution in [0.25, 0.3) is 0 Å². The number of fused-ring (bicyclic) bond motifs is 1. The van der Waals surface area contributed by atoms with Gasteiger partial charge in [-0.05, 0) is 55.9 Å². The first-order valence-corrected chi connectivity index (χ1v) is 10.8. The Balaban J connectivity index is 1.55. The fraction of sp³-hybridized carbons (Fsp3) is 0.611. The predicted molar refractivity (Wildman–Crippen MR) is 100 cm³/mol. The molecule has 1 aromatic carbocycles. The molecule has 1 aromatic rings. The Labute approximate surface area is 149 Å². The topological polar surface area (TPSA) is 87.3 Å². The highest BCUT2D eigenvalue weighted by Crippen LogP contribution is 2.33. The quantitative estimate of drug-likeness (QED) is 0.723. The van der Waals surface area contributed by atoms with E-state index in [-0.39, 0.29) is 17.7 Å². The van der Waals surface area contributed by atoms with Gasteiger partial charge in [-0.3, -0.25) is 9.52 Å². The van der Waals surface area contributed by atoms with E-state index in [0.717, 1.165) is 6.42 Å². The van der Waals surface area contributed by atoms with E-state index in [1.807, 2.05) is 6.92 Å². The van der Waals surface area contributed by atoms with Crippen LogP contribution in [0.1, 0.15) is 45.4 Å². The molecule has 0 bridgehead atoms. The van der Waals surface area contributed by atoms with Crippen LogP contribution in [0.5, 0.6) is 0 Å². The summed E-state index contributed by atoms with van der Waals surface area (Å²) in [4.78, 5) is 12.5. The smallest absolute Gasteiger partial charge is 0.241 e. The second kappa shape index (κ2) is 7.74. The molecular formula is C18H27N3O3S. The van der Waals surface area contributed by atoms with Crippen LogP contribution in [0.2, 0.25) is 0 Å².